The normalized spacial score (nSPS) is 10.3. The van der Waals surface area contributed by atoms with Crippen molar-refractivity contribution in [3.05, 3.63) is 78.1 Å². The first-order valence-electron chi connectivity index (χ1n) is 7.66. The van der Waals surface area contributed by atoms with Crippen LogP contribution in [0.5, 0.6) is 0 Å². The number of benzene rings is 2. The van der Waals surface area contributed by atoms with Crippen LogP contribution < -0.4 is 0 Å². The summed E-state index contributed by atoms with van der Waals surface area (Å²) in [6.45, 7) is 0. The second-order valence-electron chi connectivity index (χ2n) is 5.43. The molecule has 5 nitrogen and oxygen atoms in total. The maximum atomic E-state index is 9.50. The van der Waals surface area contributed by atoms with Gasteiger partial charge in [-0.1, -0.05) is 60.7 Å². The largest absolute Gasteiger partial charge is 0.266 e. The first-order chi connectivity index (χ1) is 12.3. The molecule has 0 saturated carbocycles. The monoisotopic (exact) mass is 321 g/mol. The zero-order chi connectivity index (χ0) is 17.2. The lowest BCUT2D eigenvalue weighted by molar-refractivity contribution is 1.10. The molecule has 0 amide bonds. The number of hydrogen-bond donors (Lipinski definition) is 0. The number of fused-ring (bicyclic) bond motifs is 1. The summed E-state index contributed by atoms with van der Waals surface area (Å²) in [5, 5.41) is 18.8. The fourth-order valence-electron chi connectivity index (χ4n) is 2.81. The fourth-order valence-corrected chi connectivity index (χ4v) is 2.81. The molecule has 25 heavy (non-hydrogen) atoms. The highest BCUT2D eigenvalue weighted by molar-refractivity contribution is 5.72. The van der Waals surface area contributed by atoms with E-state index in [1.807, 2.05) is 72.8 Å². The minimum absolute atomic E-state index is 0.0809. The summed E-state index contributed by atoms with van der Waals surface area (Å²) in [6.07, 6.45) is 0. The summed E-state index contributed by atoms with van der Waals surface area (Å²) >= 11 is 0. The number of rotatable bonds is 2. The minimum atomic E-state index is 0.0809. The number of hydrogen-bond acceptors (Lipinski definition) is 4. The lowest BCUT2D eigenvalue weighted by atomic mass is 10.1. The number of aromatic nitrogens is 3. The first kappa shape index (κ1) is 14.6. The Kier molecular flexibility index (Phi) is 3.46. The number of nitrogens with zero attached hydrogens (tertiary/aromatic N) is 5. The SMILES string of the molecule is N#Cc1nc2nc(-c3ccccc3)cc(-c3ccccc3)n2c1C#N. The summed E-state index contributed by atoms with van der Waals surface area (Å²) in [4.78, 5) is 8.80. The average Bonchev–Trinajstić information content (AvgIpc) is 3.06. The van der Waals surface area contributed by atoms with Crippen molar-refractivity contribution in [2.75, 3.05) is 0 Å². The third-order valence-corrected chi connectivity index (χ3v) is 3.95. The highest BCUT2D eigenvalue weighted by Crippen LogP contribution is 2.28. The second-order valence-corrected chi connectivity index (χ2v) is 5.43. The van der Waals surface area contributed by atoms with Crippen LogP contribution >= 0.6 is 0 Å². The van der Waals surface area contributed by atoms with Gasteiger partial charge in [0.2, 0.25) is 5.78 Å². The second kappa shape index (κ2) is 5.92. The zero-order valence-electron chi connectivity index (χ0n) is 13.1. The van der Waals surface area contributed by atoms with Gasteiger partial charge >= 0.3 is 0 Å². The van der Waals surface area contributed by atoms with Gasteiger partial charge in [-0.2, -0.15) is 15.5 Å². The molecule has 0 fully saturated rings. The van der Waals surface area contributed by atoms with Crippen LogP contribution in [0.1, 0.15) is 11.4 Å². The van der Waals surface area contributed by atoms with E-state index < -0.39 is 0 Å². The van der Waals surface area contributed by atoms with E-state index in [1.54, 1.807) is 4.40 Å². The summed E-state index contributed by atoms with van der Waals surface area (Å²) < 4.78 is 1.64. The standard InChI is InChI=1S/C20H11N5/c21-12-17-19(13-22)25-18(15-9-5-2-6-10-15)11-16(23-20(25)24-17)14-7-3-1-4-8-14/h1-11H. The minimum Gasteiger partial charge on any atom is -0.266 e. The van der Waals surface area contributed by atoms with E-state index in [1.165, 1.54) is 0 Å². The molecule has 4 rings (SSSR count). The van der Waals surface area contributed by atoms with Gasteiger partial charge in [-0.15, -0.1) is 0 Å². The zero-order valence-corrected chi connectivity index (χ0v) is 13.1. The Morgan fingerprint density at radius 2 is 1.40 bits per heavy atom. The molecular weight excluding hydrogens is 310 g/mol. The Morgan fingerprint density at radius 3 is 2.00 bits per heavy atom. The van der Waals surface area contributed by atoms with Crippen molar-refractivity contribution < 1.29 is 0 Å². The maximum Gasteiger partial charge on any atom is 0.237 e. The van der Waals surface area contributed by atoms with Gasteiger partial charge in [-0.25, -0.2) is 4.98 Å². The highest BCUT2D eigenvalue weighted by atomic mass is 15.1. The molecule has 5 heteroatoms. The Balaban J connectivity index is 2.11. The molecule has 0 saturated heterocycles. The van der Waals surface area contributed by atoms with Gasteiger partial charge in [0.1, 0.15) is 12.1 Å². The van der Waals surface area contributed by atoms with Crippen LogP contribution in [-0.2, 0) is 0 Å². The number of imidazole rings is 1. The lowest BCUT2D eigenvalue weighted by Crippen LogP contribution is -1.99. The molecule has 0 aliphatic rings. The molecule has 0 spiro atoms. The predicted octanol–water partition coefficient (Wildman–Crippen LogP) is 3.81. The topological polar surface area (TPSA) is 77.8 Å². The van der Waals surface area contributed by atoms with E-state index in [4.69, 9.17) is 0 Å². The van der Waals surface area contributed by atoms with E-state index in [0.717, 1.165) is 22.5 Å². The van der Waals surface area contributed by atoms with Gasteiger partial charge in [0.05, 0.1) is 11.4 Å². The fraction of sp³-hybridized carbons (Fsp3) is 0. The summed E-state index contributed by atoms with van der Waals surface area (Å²) in [7, 11) is 0. The third-order valence-electron chi connectivity index (χ3n) is 3.95. The van der Waals surface area contributed by atoms with E-state index in [2.05, 4.69) is 16.0 Å². The smallest absolute Gasteiger partial charge is 0.237 e. The van der Waals surface area contributed by atoms with Crippen molar-refractivity contribution in [3.63, 3.8) is 0 Å². The third kappa shape index (κ3) is 2.41. The molecular formula is C20H11N5. The molecule has 0 N–H and O–H groups in total. The van der Waals surface area contributed by atoms with Gasteiger partial charge in [0.25, 0.3) is 0 Å². The Hall–Kier alpha value is -3.96. The molecule has 0 aliphatic carbocycles. The van der Waals surface area contributed by atoms with E-state index >= 15 is 0 Å². The van der Waals surface area contributed by atoms with Crippen molar-refractivity contribution in [1.29, 1.82) is 10.5 Å². The van der Waals surface area contributed by atoms with Crippen molar-refractivity contribution >= 4 is 5.78 Å². The Labute approximate surface area is 144 Å². The summed E-state index contributed by atoms with van der Waals surface area (Å²) in [6, 6.07) is 25.4. The van der Waals surface area contributed by atoms with Crippen LogP contribution in [0, 0.1) is 22.7 Å². The van der Waals surface area contributed by atoms with Gasteiger partial charge in [0.15, 0.2) is 11.4 Å². The van der Waals surface area contributed by atoms with Crippen LogP contribution in [-0.4, -0.2) is 14.4 Å². The first-order valence-corrected chi connectivity index (χ1v) is 7.66. The van der Waals surface area contributed by atoms with Crippen LogP contribution in [0.15, 0.2) is 66.7 Å². The lowest BCUT2D eigenvalue weighted by Gasteiger charge is -2.09. The van der Waals surface area contributed by atoms with Crippen LogP contribution in [0.2, 0.25) is 0 Å². The Bertz CT molecular complexity index is 1150. The van der Waals surface area contributed by atoms with Crippen molar-refractivity contribution in [1.82, 2.24) is 14.4 Å². The molecule has 0 bridgehead atoms. The molecule has 0 aliphatic heterocycles. The van der Waals surface area contributed by atoms with Gasteiger partial charge in [0, 0.05) is 5.56 Å². The summed E-state index contributed by atoms with van der Waals surface area (Å²) in [5.74, 6) is 0.341. The highest BCUT2D eigenvalue weighted by Gasteiger charge is 2.18. The Morgan fingerprint density at radius 1 is 0.760 bits per heavy atom. The summed E-state index contributed by atoms with van der Waals surface area (Å²) in [5.41, 5.74) is 3.66. The van der Waals surface area contributed by atoms with Gasteiger partial charge in [-0.3, -0.25) is 4.40 Å². The van der Waals surface area contributed by atoms with E-state index in [9.17, 15) is 10.5 Å². The molecule has 2 aromatic heterocycles. The van der Waals surface area contributed by atoms with Crippen LogP contribution in [0.4, 0.5) is 0 Å². The quantitative estimate of drug-likeness (QED) is 0.562. The van der Waals surface area contributed by atoms with Crippen LogP contribution in [0.3, 0.4) is 0 Å². The molecule has 2 aromatic carbocycles. The van der Waals surface area contributed by atoms with Crippen LogP contribution in [0.25, 0.3) is 28.3 Å². The van der Waals surface area contributed by atoms with E-state index in [0.29, 0.717) is 5.78 Å². The van der Waals surface area contributed by atoms with Gasteiger partial charge < -0.3 is 0 Å². The average molecular weight is 321 g/mol. The van der Waals surface area contributed by atoms with E-state index in [-0.39, 0.29) is 11.4 Å². The number of nitriles is 2. The van der Waals surface area contributed by atoms with Crippen molar-refractivity contribution in [3.8, 4) is 34.7 Å². The molecule has 0 atom stereocenters. The van der Waals surface area contributed by atoms with Crippen molar-refractivity contribution in [2.24, 2.45) is 0 Å². The maximum absolute atomic E-state index is 9.50. The predicted molar refractivity (Wildman–Crippen MR) is 93.3 cm³/mol. The molecule has 116 valence electrons. The molecule has 0 radical (unpaired) electrons. The van der Waals surface area contributed by atoms with Crippen molar-refractivity contribution in [2.45, 2.75) is 0 Å². The molecule has 2 heterocycles. The molecule has 4 aromatic rings. The molecule has 0 unspecified atom stereocenters. The van der Waals surface area contributed by atoms with Gasteiger partial charge in [-0.05, 0) is 11.6 Å².